The molecule has 5 nitrogen and oxygen atoms in total. The summed E-state index contributed by atoms with van der Waals surface area (Å²) < 4.78 is 6.20. The van der Waals surface area contributed by atoms with Crippen LogP contribution in [-0.2, 0) is 4.43 Å². The maximum Gasteiger partial charge on any atom is 0.405 e. The van der Waals surface area contributed by atoms with Crippen LogP contribution in [0.2, 0.25) is 37.8 Å². The van der Waals surface area contributed by atoms with E-state index in [2.05, 4.69) is 70.3 Å². The van der Waals surface area contributed by atoms with Crippen LogP contribution in [0.25, 0.3) is 0 Å². The molecule has 7 heteroatoms. The zero-order valence-corrected chi connectivity index (χ0v) is 17.8. The van der Waals surface area contributed by atoms with Crippen molar-refractivity contribution < 1.29 is 19.4 Å². The van der Waals surface area contributed by atoms with Crippen LogP contribution < -0.4 is 5.32 Å². The van der Waals surface area contributed by atoms with Crippen molar-refractivity contribution in [1.29, 1.82) is 0 Å². The van der Waals surface area contributed by atoms with Crippen molar-refractivity contribution in [3.8, 4) is 11.5 Å². The van der Waals surface area contributed by atoms with Gasteiger partial charge in [-0.2, -0.15) is 0 Å². The van der Waals surface area contributed by atoms with Gasteiger partial charge in [0.15, 0.2) is 8.32 Å². The first-order valence-electron chi connectivity index (χ1n) is 7.98. The smallest absolute Gasteiger partial charge is 0.405 e. The van der Waals surface area contributed by atoms with Gasteiger partial charge in [-0.25, -0.2) is 4.79 Å². The standard InChI is InChI=1S/C16H33NO4Si2/c1-16(2,3)23(7,8)21-14(12-18)13(17-15(19)20)10-9-11-22(4,5)6/h13-14,17-18H,10,12H2,1-8H3,(H,19,20). The lowest BCUT2D eigenvalue weighted by molar-refractivity contribution is 0.0715. The molecular weight excluding hydrogens is 326 g/mol. The van der Waals surface area contributed by atoms with E-state index in [0.717, 1.165) is 0 Å². The van der Waals surface area contributed by atoms with Gasteiger partial charge in [-0.15, -0.1) is 11.5 Å². The SMILES string of the molecule is CC(C)(C)[Si](C)(C)OC(CO)C(CC#C[Si](C)(C)C)NC(=O)O. The molecule has 0 fully saturated rings. The molecule has 0 radical (unpaired) electrons. The Hall–Kier alpha value is -0.816. The zero-order valence-electron chi connectivity index (χ0n) is 15.8. The van der Waals surface area contributed by atoms with Gasteiger partial charge in [-0.1, -0.05) is 40.4 Å². The summed E-state index contributed by atoms with van der Waals surface area (Å²) in [6.07, 6.45) is -1.36. The number of rotatable bonds is 6. The topological polar surface area (TPSA) is 78.8 Å². The second-order valence-corrected chi connectivity index (χ2v) is 17.9. The molecule has 3 N–H and O–H groups in total. The molecule has 0 heterocycles. The fourth-order valence-corrected chi connectivity index (χ4v) is 3.64. The monoisotopic (exact) mass is 359 g/mol. The largest absolute Gasteiger partial charge is 0.465 e. The summed E-state index contributed by atoms with van der Waals surface area (Å²) in [4.78, 5) is 11.1. The molecule has 23 heavy (non-hydrogen) atoms. The summed E-state index contributed by atoms with van der Waals surface area (Å²) in [7, 11) is -3.63. The summed E-state index contributed by atoms with van der Waals surface area (Å²) in [5.74, 6) is 3.08. The normalized spacial score (nSPS) is 15.3. The van der Waals surface area contributed by atoms with Crippen molar-refractivity contribution in [3.05, 3.63) is 0 Å². The van der Waals surface area contributed by atoms with E-state index in [9.17, 15) is 9.90 Å². The Bertz CT molecular complexity index is 455. The lowest BCUT2D eigenvalue weighted by atomic mass is 10.1. The molecule has 0 rings (SSSR count). The molecule has 0 saturated heterocycles. The van der Waals surface area contributed by atoms with Gasteiger partial charge in [-0.05, 0) is 18.1 Å². The highest BCUT2D eigenvalue weighted by atomic mass is 28.4. The van der Waals surface area contributed by atoms with Gasteiger partial charge >= 0.3 is 6.09 Å². The van der Waals surface area contributed by atoms with Crippen LogP contribution >= 0.6 is 0 Å². The molecule has 0 aromatic carbocycles. The van der Waals surface area contributed by atoms with E-state index in [-0.39, 0.29) is 11.6 Å². The van der Waals surface area contributed by atoms with E-state index in [1.807, 2.05) is 0 Å². The highest BCUT2D eigenvalue weighted by Crippen LogP contribution is 2.37. The van der Waals surface area contributed by atoms with Crippen LogP contribution in [0.4, 0.5) is 4.79 Å². The molecule has 1 amide bonds. The number of nitrogens with one attached hydrogen (secondary N) is 1. The van der Waals surface area contributed by atoms with Crippen LogP contribution in [0.1, 0.15) is 27.2 Å². The molecule has 0 saturated carbocycles. The molecule has 0 spiro atoms. The van der Waals surface area contributed by atoms with Crippen LogP contribution in [-0.4, -0.2) is 51.5 Å². The van der Waals surface area contributed by atoms with Gasteiger partial charge in [0.1, 0.15) is 8.07 Å². The van der Waals surface area contributed by atoms with Crippen LogP contribution in [0.3, 0.4) is 0 Å². The molecular formula is C16H33NO4Si2. The summed E-state index contributed by atoms with van der Waals surface area (Å²) in [5, 5.41) is 21.2. The number of carboxylic acid groups (broad SMARTS) is 1. The van der Waals surface area contributed by atoms with Crippen LogP contribution in [0.5, 0.6) is 0 Å². The van der Waals surface area contributed by atoms with Crippen molar-refractivity contribution in [2.45, 2.75) is 77.1 Å². The Balaban J connectivity index is 5.24. The van der Waals surface area contributed by atoms with Gasteiger partial charge < -0.3 is 20.0 Å². The molecule has 0 aliphatic rings. The second-order valence-electron chi connectivity index (χ2n) is 8.41. The maximum atomic E-state index is 11.1. The molecule has 0 aliphatic heterocycles. The van der Waals surface area contributed by atoms with Crippen molar-refractivity contribution in [3.63, 3.8) is 0 Å². The van der Waals surface area contributed by atoms with Gasteiger partial charge in [0, 0.05) is 6.42 Å². The van der Waals surface area contributed by atoms with E-state index >= 15 is 0 Å². The second kappa shape index (κ2) is 8.33. The Morgan fingerprint density at radius 1 is 1.22 bits per heavy atom. The first kappa shape index (κ1) is 22.2. The Morgan fingerprint density at radius 2 is 1.74 bits per heavy atom. The zero-order chi connectivity index (χ0) is 18.5. The third-order valence-electron chi connectivity index (χ3n) is 3.98. The molecule has 2 atom stereocenters. The van der Waals surface area contributed by atoms with Gasteiger partial charge in [0.05, 0.1) is 18.8 Å². The van der Waals surface area contributed by atoms with Gasteiger partial charge in [0.2, 0.25) is 0 Å². The number of aliphatic hydroxyl groups excluding tert-OH is 1. The Kier molecular flexibility index (Phi) is 8.04. The summed E-state index contributed by atoms with van der Waals surface area (Å²) in [6.45, 7) is 16.7. The molecule has 2 unspecified atom stereocenters. The number of carbonyl (C=O) groups is 1. The van der Waals surface area contributed by atoms with Gasteiger partial charge in [0.25, 0.3) is 0 Å². The summed E-state index contributed by atoms with van der Waals surface area (Å²) >= 11 is 0. The predicted octanol–water partition coefficient (Wildman–Crippen LogP) is 3.28. The first-order chi connectivity index (χ1) is 10.2. The lowest BCUT2D eigenvalue weighted by Gasteiger charge is -2.40. The molecule has 134 valence electrons. The molecule has 0 aliphatic carbocycles. The van der Waals surface area contributed by atoms with E-state index in [1.165, 1.54) is 0 Å². The van der Waals surface area contributed by atoms with Crippen molar-refractivity contribution >= 4 is 22.5 Å². The van der Waals surface area contributed by atoms with Crippen molar-refractivity contribution in [1.82, 2.24) is 5.32 Å². The average Bonchev–Trinajstić information content (AvgIpc) is 2.31. The molecule has 0 bridgehead atoms. The molecule has 0 aromatic rings. The minimum atomic E-state index is -2.11. The van der Waals surface area contributed by atoms with E-state index < -0.39 is 34.6 Å². The lowest BCUT2D eigenvalue weighted by Crippen LogP contribution is -2.52. The van der Waals surface area contributed by atoms with E-state index in [1.54, 1.807) is 0 Å². The minimum Gasteiger partial charge on any atom is -0.465 e. The molecule has 0 aromatic heterocycles. The number of hydrogen-bond donors (Lipinski definition) is 3. The number of aliphatic hydroxyl groups is 1. The third kappa shape index (κ3) is 8.56. The number of amides is 1. The summed E-state index contributed by atoms with van der Waals surface area (Å²) in [5.41, 5.74) is 3.23. The van der Waals surface area contributed by atoms with Crippen LogP contribution in [0.15, 0.2) is 0 Å². The quantitative estimate of drug-likeness (QED) is 0.502. The van der Waals surface area contributed by atoms with E-state index in [4.69, 9.17) is 9.53 Å². The number of hydrogen-bond acceptors (Lipinski definition) is 3. The predicted molar refractivity (Wildman–Crippen MR) is 99.8 cm³/mol. The first-order valence-corrected chi connectivity index (χ1v) is 14.4. The minimum absolute atomic E-state index is 0.0157. The van der Waals surface area contributed by atoms with Crippen molar-refractivity contribution in [2.75, 3.05) is 6.61 Å². The fraction of sp³-hybridized carbons (Fsp3) is 0.812. The maximum absolute atomic E-state index is 11.1. The average molecular weight is 360 g/mol. The Morgan fingerprint density at radius 3 is 2.09 bits per heavy atom. The van der Waals surface area contributed by atoms with Gasteiger partial charge in [-0.3, -0.25) is 0 Å². The Labute approximate surface area is 143 Å². The van der Waals surface area contributed by atoms with E-state index in [0.29, 0.717) is 6.42 Å². The summed E-state index contributed by atoms with van der Waals surface area (Å²) in [6, 6.07) is -0.532. The highest BCUT2D eigenvalue weighted by molar-refractivity contribution is 6.83. The third-order valence-corrected chi connectivity index (χ3v) is 9.41. The van der Waals surface area contributed by atoms with Crippen LogP contribution in [0, 0.1) is 11.5 Å². The fourth-order valence-electron chi connectivity index (χ4n) is 1.66. The van der Waals surface area contributed by atoms with Crippen molar-refractivity contribution in [2.24, 2.45) is 0 Å². The highest BCUT2D eigenvalue weighted by Gasteiger charge is 2.40.